The Bertz CT molecular complexity index is 369. The Balaban J connectivity index is 1.90. The third-order valence-corrected chi connectivity index (χ3v) is 4.97. The molecule has 114 valence electrons. The van der Waals surface area contributed by atoms with Gasteiger partial charge < -0.3 is 15.5 Å². The lowest BCUT2D eigenvalue weighted by molar-refractivity contribution is -0.140. The van der Waals surface area contributed by atoms with Crippen LogP contribution in [0.1, 0.15) is 51.9 Å². The van der Waals surface area contributed by atoms with Crippen molar-refractivity contribution in [2.45, 2.75) is 63.5 Å². The highest BCUT2D eigenvalue weighted by Crippen LogP contribution is 2.29. The molecule has 20 heavy (non-hydrogen) atoms. The first-order valence-electron chi connectivity index (χ1n) is 7.76. The van der Waals surface area contributed by atoms with Crippen molar-refractivity contribution >= 4 is 11.8 Å². The highest BCUT2D eigenvalue weighted by molar-refractivity contribution is 5.86. The maximum absolute atomic E-state index is 12.6. The van der Waals surface area contributed by atoms with E-state index in [1.165, 1.54) is 6.42 Å². The lowest BCUT2D eigenvalue weighted by Gasteiger charge is -2.41. The van der Waals surface area contributed by atoms with Gasteiger partial charge in [0.15, 0.2) is 0 Å². The Labute approximate surface area is 121 Å². The van der Waals surface area contributed by atoms with Gasteiger partial charge in [0.05, 0.1) is 5.54 Å². The summed E-state index contributed by atoms with van der Waals surface area (Å²) in [5.41, 5.74) is 5.69. The topological polar surface area (TPSA) is 66.6 Å². The average molecular weight is 281 g/mol. The van der Waals surface area contributed by atoms with Crippen LogP contribution in [0.25, 0.3) is 0 Å². The fourth-order valence-electron chi connectivity index (χ4n) is 3.42. The van der Waals surface area contributed by atoms with Crippen LogP contribution >= 0.6 is 0 Å². The standard InChI is InChI=1S/C15H27N3O2/c1-12(19)17(2)13-6-10-18(11-7-13)14(20)15(16)8-4-3-5-9-15/h13H,3-11,16H2,1-2H3. The van der Waals surface area contributed by atoms with E-state index in [2.05, 4.69) is 0 Å². The number of nitrogens with two attached hydrogens (primary N) is 1. The summed E-state index contributed by atoms with van der Waals surface area (Å²) in [7, 11) is 1.84. The fraction of sp³-hybridized carbons (Fsp3) is 0.867. The van der Waals surface area contributed by atoms with Gasteiger partial charge in [0.2, 0.25) is 11.8 Å². The molecule has 5 nitrogen and oxygen atoms in total. The molecule has 0 bridgehead atoms. The van der Waals surface area contributed by atoms with Crippen LogP contribution in [0.5, 0.6) is 0 Å². The second-order valence-corrected chi connectivity index (χ2v) is 6.37. The molecule has 2 N–H and O–H groups in total. The Kier molecular flexibility index (Phi) is 4.68. The molecular weight excluding hydrogens is 254 g/mol. The van der Waals surface area contributed by atoms with E-state index in [9.17, 15) is 9.59 Å². The van der Waals surface area contributed by atoms with Gasteiger partial charge in [-0.3, -0.25) is 9.59 Å². The van der Waals surface area contributed by atoms with Crippen molar-refractivity contribution in [3.63, 3.8) is 0 Å². The van der Waals surface area contributed by atoms with E-state index >= 15 is 0 Å². The molecule has 2 amide bonds. The lowest BCUT2D eigenvalue weighted by Crippen LogP contribution is -2.58. The predicted molar refractivity (Wildman–Crippen MR) is 78.0 cm³/mol. The Morgan fingerprint density at radius 1 is 1.15 bits per heavy atom. The number of rotatable bonds is 2. The number of nitrogens with zero attached hydrogens (tertiary/aromatic N) is 2. The van der Waals surface area contributed by atoms with Gasteiger partial charge in [-0.2, -0.15) is 0 Å². The first-order valence-corrected chi connectivity index (χ1v) is 7.76. The number of hydrogen-bond acceptors (Lipinski definition) is 3. The number of carbonyl (C=O) groups excluding carboxylic acids is 2. The zero-order valence-corrected chi connectivity index (χ0v) is 12.7. The molecule has 1 heterocycles. The van der Waals surface area contributed by atoms with Crippen LogP contribution in [-0.2, 0) is 9.59 Å². The molecule has 0 aromatic rings. The summed E-state index contributed by atoms with van der Waals surface area (Å²) in [5.74, 6) is 0.221. The van der Waals surface area contributed by atoms with Crippen LogP contribution in [0.4, 0.5) is 0 Å². The smallest absolute Gasteiger partial charge is 0.242 e. The molecule has 2 fully saturated rings. The normalized spacial score (nSPS) is 23.4. The number of carbonyl (C=O) groups is 2. The molecule has 0 aromatic heterocycles. The van der Waals surface area contributed by atoms with Crippen molar-refractivity contribution < 1.29 is 9.59 Å². The van der Waals surface area contributed by atoms with Crippen molar-refractivity contribution in [3.05, 3.63) is 0 Å². The SMILES string of the molecule is CC(=O)N(C)C1CCN(C(=O)C2(N)CCCCC2)CC1. The first-order chi connectivity index (χ1) is 9.44. The summed E-state index contributed by atoms with van der Waals surface area (Å²) >= 11 is 0. The highest BCUT2D eigenvalue weighted by Gasteiger charge is 2.39. The maximum Gasteiger partial charge on any atom is 0.242 e. The molecule has 2 aliphatic rings. The molecule has 0 unspecified atom stereocenters. The van der Waals surface area contributed by atoms with Gasteiger partial charge >= 0.3 is 0 Å². The van der Waals surface area contributed by atoms with Crippen LogP contribution < -0.4 is 5.73 Å². The van der Waals surface area contributed by atoms with Crippen molar-refractivity contribution in [2.24, 2.45) is 5.73 Å². The molecule has 1 saturated carbocycles. The van der Waals surface area contributed by atoms with Crippen LogP contribution in [0.3, 0.4) is 0 Å². The molecule has 1 aliphatic carbocycles. The molecule has 1 saturated heterocycles. The summed E-state index contributed by atoms with van der Waals surface area (Å²) in [6.07, 6.45) is 6.67. The number of piperidine rings is 1. The highest BCUT2D eigenvalue weighted by atomic mass is 16.2. The van der Waals surface area contributed by atoms with Gasteiger partial charge in [0.25, 0.3) is 0 Å². The maximum atomic E-state index is 12.6. The largest absolute Gasteiger partial charge is 0.343 e. The molecule has 1 aliphatic heterocycles. The Morgan fingerprint density at radius 2 is 1.70 bits per heavy atom. The monoisotopic (exact) mass is 281 g/mol. The van der Waals surface area contributed by atoms with Gasteiger partial charge in [-0.25, -0.2) is 0 Å². The van der Waals surface area contributed by atoms with E-state index in [1.807, 2.05) is 11.9 Å². The minimum absolute atomic E-state index is 0.0948. The third-order valence-electron chi connectivity index (χ3n) is 4.97. The van der Waals surface area contributed by atoms with Crippen LogP contribution in [0, 0.1) is 0 Å². The van der Waals surface area contributed by atoms with Crippen LogP contribution in [-0.4, -0.2) is 53.3 Å². The molecular formula is C15H27N3O2. The van der Waals surface area contributed by atoms with Crippen molar-refractivity contribution in [2.75, 3.05) is 20.1 Å². The van der Waals surface area contributed by atoms with Crippen molar-refractivity contribution in [1.29, 1.82) is 0 Å². The number of amides is 2. The Hall–Kier alpha value is -1.10. The Morgan fingerprint density at radius 3 is 2.20 bits per heavy atom. The molecule has 0 aromatic carbocycles. The van der Waals surface area contributed by atoms with Gasteiger partial charge in [0.1, 0.15) is 0 Å². The molecule has 0 spiro atoms. The van der Waals surface area contributed by atoms with E-state index in [4.69, 9.17) is 5.73 Å². The summed E-state index contributed by atoms with van der Waals surface area (Å²) in [4.78, 5) is 27.7. The summed E-state index contributed by atoms with van der Waals surface area (Å²) in [6, 6.07) is 0.261. The minimum Gasteiger partial charge on any atom is -0.343 e. The zero-order chi connectivity index (χ0) is 14.8. The second kappa shape index (κ2) is 6.12. The van der Waals surface area contributed by atoms with Crippen LogP contribution in [0.2, 0.25) is 0 Å². The molecule has 0 atom stereocenters. The second-order valence-electron chi connectivity index (χ2n) is 6.37. The molecule has 0 radical (unpaired) electrons. The fourth-order valence-corrected chi connectivity index (χ4v) is 3.42. The van der Waals surface area contributed by atoms with E-state index in [0.717, 1.165) is 51.6 Å². The van der Waals surface area contributed by atoms with Crippen molar-refractivity contribution in [1.82, 2.24) is 9.80 Å². The summed E-state index contributed by atoms with van der Waals surface area (Å²) in [5, 5.41) is 0. The van der Waals surface area contributed by atoms with E-state index in [0.29, 0.717) is 0 Å². The number of hydrogen-bond donors (Lipinski definition) is 1. The molecule has 2 rings (SSSR count). The van der Waals surface area contributed by atoms with E-state index < -0.39 is 5.54 Å². The van der Waals surface area contributed by atoms with E-state index in [1.54, 1.807) is 11.8 Å². The minimum atomic E-state index is -0.627. The quantitative estimate of drug-likeness (QED) is 0.824. The average Bonchev–Trinajstić information content (AvgIpc) is 2.46. The van der Waals surface area contributed by atoms with Gasteiger partial charge in [-0.15, -0.1) is 0 Å². The summed E-state index contributed by atoms with van der Waals surface area (Å²) < 4.78 is 0. The van der Waals surface area contributed by atoms with Crippen molar-refractivity contribution in [3.8, 4) is 0 Å². The van der Waals surface area contributed by atoms with Gasteiger partial charge in [0, 0.05) is 33.1 Å². The van der Waals surface area contributed by atoms with Crippen LogP contribution in [0.15, 0.2) is 0 Å². The van der Waals surface area contributed by atoms with Gasteiger partial charge in [-0.05, 0) is 25.7 Å². The zero-order valence-electron chi connectivity index (χ0n) is 12.7. The van der Waals surface area contributed by atoms with E-state index in [-0.39, 0.29) is 17.9 Å². The summed E-state index contributed by atoms with van der Waals surface area (Å²) in [6.45, 7) is 3.04. The first kappa shape index (κ1) is 15.3. The van der Waals surface area contributed by atoms with Gasteiger partial charge in [-0.1, -0.05) is 19.3 Å². The predicted octanol–water partition coefficient (Wildman–Crippen LogP) is 1.12. The lowest BCUT2D eigenvalue weighted by atomic mass is 9.81. The third kappa shape index (κ3) is 3.14. The number of likely N-dealkylation sites (tertiary alicyclic amines) is 1. The molecule has 5 heteroatoms.